The average molecular weight is 568 g/mol. The number of hydrogen-bond donors (Lipinski definition) is 2. The summed E-state index contributed by atoms with van der Waals surface area (Å²) in [7, 11) is 0. The number of piperidine rings is 1. The zero-order valence-electron chi connectivity index (χ0n) is 22.0. The number of nitrogens with one attached hydrogen (secondary N) is 1. The minimum atomic E-state index is -0.986. The highest BCUT2D eigenvalue weighted by atomic mass is 32.1. The Kier molecular flexibility index (Phi) is 7.41. The van der Waals surface area contributed by atoms with Crippen molar-refractivity contribution in [3.8, 4) is 11.3 Å². The number of halogens is 2. The van der Waals surface area contributed by atoms with Gasteiger partial charge in [-0.15, -0.1) is 0 Å². The van der Waals surface area contributed by atoms with Crippen LogP contribution in [-0.4, -0.2) is 75.2 Å². The van der Waals surface area contributed by atoms with E-state index >= 15 is 4.39 Å². The monoisotopic (exact) mass is 567 g/mol. The minimum absolute atomic E-state index is 0.137. The Hall–Kier alpha value is -3.57. The van der Waals surface area contributed by atoms with Gasteiger partial charge in [-0.3, -0.25) is 9.20 Å². The Balaban J connectivity index is 1.13. The van der Waals surface area contributed by atoms with E-state index in [1.807, 2.05) is 16.5 Å². The number of carbonyl (C=O) groups excluding carboxylic acids is 1. The molecule has 6 rings (SSSR count). The minimum Gasteiger partial charge on any atom is -0.465 e. The number of aromatic nitrogens is 2. The van der Waals surface area contributed by atoms with Gasteiger partial charge in [0.15, 0.2) is 4.96 Å². The average Bonchev–Trinajstić information content (AvgIpc) is 3.66. The third-order valence-corrected chi connectivity index (χ3v) is 8.98. The Morgan fingerprint density at radius 3 is 2.70 bits per heavy atom. The lowest BCUT2D eigenvalue weighted by molar-refractivity contribution is 0.0949. The molecule has 4 aromatic rings. The Labute approximate surface area is 234 Å². The molecule has 2 N–H and O–H groups in total. The quantitative estimate of drug-likeness (QED) is 0.279. The van der Waals surface area contributed by atoms with Crippen molar-refractivity contribution in [1.82, 2.24) is 24.5 Å². The van der Waals surface area contributed by atoms with Gasteiger partial charge < -0.3 is 20.2 Å². The van der Waals surface area contributed by atoms with Gasteiger partial charge >= 0.3 is 6.09 Å². The third kappa shape index (κ3) is 5.27. The first-order chi connectivity index (χ1) is 19.4. The van der Waals surface area contributed by atoms with Crippen LogP contribution in [0.5, 0.6) is 0 Å². The number of benzene rings is 2. The van der Waals surface area contributed by atoms with Crippen molar-refractivity contribution in [3.05, 3.63) is 59.5 Å². The number of fused-ring (bicyclic) bond motifs is 3. The van der Waals surface area contributed by atoms with Crippen molar-refractivity contribution in [1.29, 1.82) is 0 Å². The van der Waals surface area contributed by atoms with Crippen LogP contribution in [0.2, 0.25) is 0 Å². The van der Waals surface area contributed by atoms with Gasteiger partial charge in [0.1, 0.15) is 12.0 Å². The number of imidazole rings is 1. The van der Waals surface area contributed by atoms with Crippen LogP contribution in [0.1, 0.15) is 54.1 Å². The van der Waals surface area contributed by atoms with E-state index in [0.29, 0.717) is 59.7 Å². The zero-order chi connectivity index (χ0) is 27.8. The Morgan fingerprint density at radius 1 is 1.10 bits per heavy atom. The first-order valence-electron chi connectivity index (χ1n) is 13.7. The molecule has 2 fully saturated rings. The number of thiazole rings is 1. The molecule has 0 saturated carbocycles. The van der Waals surface area contributed by atoms with Crippen LogP contribution < -0.4 is 5.32 Å². The molecule has 0 radical (unpaired) electrons. The van der Waals surface area contributed by atoms with Crippen LogP contribution in [0.4, 0.5) is 13.6 Å². The Bertz CT molecular complexity index is 1560. The normalized spacial score (nSPS) is 18.6. The van der Waals surface area contributed by atoms with E-state index in [4.69, 9.17) is 0 Å². The van der Waals surface area contributed by atoms with E-state index in [-0.39, 0.29) is 11.9 Å². The number of likely N-dealkylation sites (tertiary alicyclic amines) is 2. The lowest BCUT2D eigenvalue weighted by Gasteiger charge is -2.28. The van der Waals surface area contributed by atoms with Crippen LogP contribution in [0, 0.1) is 5.82 Å². The SMILES string of the molecule is O=C(NCCCN1CCC(F)CC1)c1ccc2c(c1)sc1nc(-c3ccc(C4CCCN4C(=O)O)cc3F)cn12. The van der Waals surface area contributed by atoms with Crippen LogP contribution in [0.25, 0.3) is 26.4 Å². The van der Waals surface area contributed by atoms with E-state index in [1.165, 1.54) is 22.3 Å². The number of rotatable bonds is 7. The summed E-state index contributed by atoms with van der Waals surface area (Å²) in [4.78, 5) is 33.2. The maximum atomic E-state index is 15.2. The lowest BCUT2D eigenvalue weighted by Crippen LogP contribution is -2.36. The van der Waals surface area contributed by atoms with Gasteiger partial charge in [0.05, 0.1) is 22.0 Å². The smallest absolute Gasteiger partial charge is 0.407 e. The maximum absolute atomic E-state index is 15.2. The summed E-state index contributed by atoms with van der Waals surface area (Å²) in [5.41, 5.74) is 2.96. The van der Waals surface area contributed by atoms with E-state index in [1.54, 1.807) is 24.4 Å². The summed E-state index contributed by atoms with van der Waals surface area (Å²) in [6, 6.07) is 10.0. The first-order valence-corrected chi connectivity index (χ1v) is 14.5. The number of alkyl halides is 1. The molecule has 8 nitrogen and oxygen atoms in total. The van der Waals surface area contributed by atoms with Gasteiger partial charge in [0.2, 0.25) is 0 Å². The van der Waals surface area contributed by atoms with Crippen molar-refractivity contribution in [2.45, 2.75) is 44.3 Å². The van der Waals surface area contributed by atoms with Crippen LogP contribution in [-0.2, 0) is 0 Å². The summed E-state index contributed by atoms with van der Waals surface area (Å²) < 4.78 is 31.3. The maximum Gasteiger partial charge on any atom is 0.407 e. The molecule has 2 aromatic carbocycles. The molecule has 40 heavy (non-hydrogen) atoms. The van der Waals surface area contributed by atoms with Gasteiger partial charge in [0.25, 0.3) is 5.91 Å². The van der Waals surface area contributed by atoms with E-state index < -0.39 is 18.1 Å². The molecule has 2 aromatic heterocycles. The second kappa shape index (κ2) is 11.1. The first kappa shape index (κ1) is 26.6. The standard InChI is InChI=1S/C29H31F2N5O3S/c30-20-8-13-34(14-9-20)11-2-10-32-27(37)19-5-7-25-26(16-19)40-28-33-23(17-36(25)28)21-6-4-18(15-22(21)31)24-3-1-12-35(24)29(38)39/h4-7,15-17,20,24H,1-3,8-14H2,(H,32,37)(H,38,39). The molecule has 11 heteroatoms. The van der Waals surface area contributed by atoms with Crippen molar-refractivity contribution < 1.29 is 23.5 Å². The van der Waals surface area contributed by atoms with Crippen LogP contribution >= 0.6 is 11.3 Å². The number of amides is 2. The number of carboxylic acid groups (broad SMARTS) is 1. The summed E-state index contributed by atoms with van der Waals surface area (Å²) in [6.45, 7) is 3.41. The molecule has 2 aliphatic rings. The Morgan fingerprint density at radius 2 is 1.93 bits per heavy atom. The molecular formula is C29H31F2N5O3S. The molecule has 0 spiro atoms. The fourth-order valence-corrected chi connectivity index (χ4v) is 6.84. The molecule has 2 aliphatic heterocycles. The second-order valence-corrected chi connectivity index (χ2v) is 11.6. The second-order valence-electron chi connectivity index (χ2n) is 10.6. The fraction of sp³-hybridized carbons (Fsp3) is 0.414. The molecule has 1 unspecified atom stereocenters. The largest absolute Gasteiger partial charge is 0.465 e. The highest BCUT2D eigenvalue weighted by Crippen LogP contribution is 2.35. The van der Waals surface area contributed by atoms with Gasteiger partial charge in [-0.2, -0.15) is 0 Å². The van der Waals surface area contributed by atoms with Crippen molar-refractivity contribution in [2.75, 3.05) is 32.7 Å². The molecule has 2 amide bonds. The van der Waals surface area contributed by atoms with Gasteiger partial charge in [-0.1, -0.05) is 17.4 Å². The van der Waals surface area contributed by atoms with Gasteiger partial charge in [0, 0.05) is 43.5 Å². The molecule has 2 saturated heterocycles. The molecular weight excluding hydrogens is 536 g/mol. The molecule has 1 atom stereocenters. The van der Waals surface area contributed by atoms with Gasteiger partial charge in [-0.25, -0.2) is 18.6 Å². The molecule has 0 bridgehead atoms. The number of carbonyl (C=O) groups is 2. The predicted molar refractivity (Wildman–Crippen MR) is 150 cm³/mol. The topological polar surface area (TPSA) is 90.2 Å². The summed E-state index contributed by atoms with van der Waals surface area (Å²) in [5.74, 6) is -0.572. The van der Waals surface area contributed by atoms with Crippen molar-refractivity contribution in [2.24, 2.45) is 0 Å². The van der Waals surface area contributed by atoms with Crippen LogP contribution in [0.15, 0.2) is 42.6 Å². The molecule has 0 aliphatic carbocycles. The van der Waals surface area contributed by atoms with Crippen molar-refractivity contribution >= 4 is 38.5 Å². The third-order valence-electron chi connectivity index (χ3n) is 7.96. The van der Waals surface area contributed by atoms with E-state index in [2.05, 4.69) is 15.2 Å². The number of nitrogens with zero attached hydrogens (tertiary/aromatic N) is 4. The summed E-state index contributed by atoms with van der Waals surface area (Å²) >= 11 is 1.43. The molecule has 210 valence electrons. The highest BCUT2D eigenvalue weighted by Gasteiger charge is 2.30. The fourth-order valence-electron chi connectivity index (χ4n) is 5.79. The zero-order valence-corrected chi connectivity index (χ0v) is 22.8. The number of hydrogen-bond acceptors (Lipinski definition) is 5. The summed E-state index contributed by atoms with van der Waals surface area (Å²) in [6.07, 6.45) is 3.56. The highest BCUT2D eigenvalue weighted by molar-refractivity contribution is 7.23. The van der Waals surface area contributed by atoms with E-state index in [9.17, 15) is 19.1 Å². The van der Waals surface area contributed by atoms with Crippen LogP contribution in [0.3, 0.4) is 0 Å². The predicted octanol–water partition coefficient (Wildman–Crippen LogP) is 5.72. The van der Waals surface area contributed by atoms with Crippen molar-refractivity contribution in [3.63, 3.8) is 0 Å². The van der Waals surface area contributed by atoms with E-state index in [0.717, 1.165) is 42.7 Å². The lowest BCUT2D eigenvalue weighted by atomic mass is 10.0. The summed E-state index contributed by atoms with van der Waals surface area (Å²) in [5, 5.41) is 12.4. The van der Waals surface area contributed by atoms with Gasteiger partial charge in [-0.05, 0) is 74.5 Å². The molecule has 4 heterocycles.